The third-order valence-corrected chi connectivity index (χ3v) is 10.2. The second-order valence-corrected chi connectivity index (χ2v) is 13.1. The lowest BCUT2D eigenvalue weighted by Crippen LogP contribution is -2.37. The van der Waals surface area contributed by atoms with Crippen molar-refractivity contribution in [2.24, 2.45) is 0 Å². The molecule has 1 aliphatic carbocycles. The third kappa shape index (κ3) is 5.23. The number of aromatic nitrogens is 1. The highest BCUT2D eigenvalue weighted by Gasteiger charge is 2.42. The molecule has 0 saturated carbocycles. The number of aromatic hydroxyl groups is 2. The van der Waals surface area contributed by atoms with E-state index < -0.39 is 6.10 Å². The number of benzene rings is 4. The first kappa shape index (κ1) is 30.6. The van der Waals surface area contributed by atoms with Crippen molar-refractivity contribution in [1.29, 1.82) is 0 Å². The van der Waals surface area contributed by atoms with Crippen molar-refractivity contribution < 1.29 is 34.3 Å². The Bertz CT molecular complexity index is 2000. The van der Waals surface area contributed by atoms with Gasteiger partial charge in [0.1, 0.15) is 29.5 Å². The maximum atomic E-state index is 10.7. The predicted octanol–water partition coefficient (Wildman–Crippen LogP) is 6.06. The predicted molar refractivity (Wildman–Crippen MR) is 182 cm³/mol. The van der Waals surface area contributed by atoms with E-state index in [1.165, 1.54) is 18.1 Å². The van der Waals surface area contributed by atoms with Crippen molar-refractivity contribution in [3.63, 3.8) is 0 Å². The summed E-state index contributed by atoms with van der Waals surface area (Å²) in [5, 5.41) is 35.5. The number of hydrogen-bond donors (Lipinski definition) is 5. The van der Waals surface area contributed by atoms with Gasteiger partial charge in [-0.2, -0.15) is 0 Å². The van der Waals surface area contributed by atoms with Crippen molar-refractivity contribution in [3.8, 4) is 39.9 Å². The molecule has 2 aliphatic heterocycles. The third-order valence-electron chi connectivity index (χ3n) is 10.2. The summed E-state index contributed by atoms with van der Waals surface area (Å²) in [5.41, 5.74) is 9.58. The Morgan fingerprint density at radius 1 is 0.938 bits per heavy atom. The molecule has 0 spiro atoms. The summed E-state index contributed by atoms with van der Waals surface area (Å²) < 4.78 is 25.5. The van der Waals surface area contributed by atoms with Gasteiger partial charge in [-0.15, -0.1) is 0 Å². The molecule has 9 nitrogen and oxygen atoms in total. The quantitative estimate of drug-likeness (QED) is 0.129. The van der Waals surface area contributed by atoms with E-state index in [1.54, 1.807) is 12.1 Å². The first-order valence-electron chi connectivity index (χ1n) is 16.6. The van der Waals surface area contributed by atoms with E-state index in [-0.39, 0.29) is 36.2 Å². The van der Waals surface area contributed by atoms with Crippen molar-refractivity contribution in [2.45, 2.75) is 56.3 Å². The number of rotatable bonds is 8. The van der Waals surface area contributed by atoms with E-state index in [0.29, 0.717) is 31.7 Å². The van der Waals surface area contributed by atoms with Crippen LogP contribution in [-0.2, 0) is 30.4 Å². The van der Waals surface area contributed by atoms with Gasteiger partial charge in [-0.1, -0.05) is 18.2 Å². The van der Waals surface area contributed by atoms with Crippen molar-refractivity contribution in [1.82, 2.24) is 10.3 Å². The topological polar surface area (TPSA) is 125 Å². The van der Waals surface area contributed by atoms with Crippen LogP contribution in [0.15, 0.2) is 66.9 Å². The van der Waals surface area contributed by atoms with Crippen molar-refractivity contribution in [3.05, 3.63) is 100 Å². The maximum absolute atomic E-state index is 10.7. The highest BCUT2D eigenvalue weighted by Crippen LogP contribution is 2.56. The Morgan fingerprint density at radius 2 is 1.83 bits per heavy atom. The number of hydrogen-bond acceptors (Lipinski definition) is 8. The van der Waals surface area contributed by atoms with Crippen LogP contribution in [0.1, 0.15) is 51.8 Å². The molecule has 1 aromatic heterocycles. The molecule has 0 saturated heterocycles. The van der Waals surface area contributed by atoms with Gasteiger partial charge < -0.3 is 39.3 Å². The fourth-order valence-corrected chi connectivity index (χ4v) is 7.92. The van der Waals surface area contributed by atoms with E-state index >= 15 is 0 Å². The van der Waals surface area contributed by atoms with Crippen LogP contribution in [-0.4, -0.2) is 60.0 Å². The first-order chi connectivity index (χ1) is 23.4. The number of aliphatic hydroxyl groups excluding tert-OH is 1. The van der Waals surface area contributed by atoms with Crippen molar-refractivity contribution in [2.75, 3.05) is 27.5 Å². The summed E-state index contributed by atoms with van der Waals surface area (Å²) in [6.45, 7) is 0.268. The molecule has 48 heavy (non-hydrogen) atoms. The minimum atomic E-state index is -0.463. The fraction of sp³-hybridized carbons (Fsp3) is 0.333. The highest BCUT2D eigenvalue weighted by molar-refractivity contribution is 5.85. The SMILES string of the molecule is CNCO[C@@H]1Cc2c3c(c4c(c2O[C@@H]1c1ccc(O)c(OC)c1)CC[C@H](CO)O4)-c1ccc(O)cc1[C@H](Cc1ccc2[nH]ccc2c1)C3. The number of ether oxygens (including phenoxy) is 4. The van der Waals surface area contributed by atoms with Gasteiger partial charge in [0.25, 0.3) is 0 Å². The number of phenols is 2. The lowest BCUT2D eigenvalue weighted by molar-refractivity contribution is -0.0436. The van der Waals surface area contributed by atoms with Crippen LogP contribution in [0.5, 0.6) is 28.7 Å². The van der Waals surface area contributed by atoms with Crippen LogP contribution < -0.4 is 19.5 Å². The minimum absolute atomic E-state index is 0.0615. The van der Waals surface area contributed by atoms with Gasteiger partial charge >= 0.3 is 0 Å². The van der Waals surface area contributed by atoms with E-state index in [2.05, 4.69) is 34.6 Å². The zero-order valence-corrected chi connectivity index (χ0v) is 27.1. The Kier molecular flexibility index (Phi) is 7.91. The molecular formula is C39H40N2O7. The Morgan fingerprint density at radius 3 is 2.67 bits per heavy atom. The Labute approximate surface area is 279 Å². The second kappa shape index (κ2) is 12.4. The molecule has 3 aliphatic rings. The normalized spacial score (nSPS) is 21.0. The number of H-pyrrole nitrogens is 1. The zero-order chi connectivity index (χ0) is 32.9. The summed E-state index contributed by atoms with van der Waals surface area (Å²) in [6.07, 6.45) is 4.33. The lowest BCUT2D eigenvalue weighted by atomic mass is 9.72. The standard InChI is InChI=1S/C39H40N2O7/c1-40-20-46-35-18-31-30-15-24(14-21-3-9-32-22(13-21)11-12-41-32)29-17-25(43)5-7-27(29)36(30)39-28(8-6-26(19-42)47-39)38(31)48-37(35)23-4-10-33(44)34(16-23)45-2/h3-5,7,9-13,16-17,24,26,35,37,40-44H,6,8,14-15,18-20H2,1-2H3/t24-,26-,35-,37-/m1/s1. The van der Waals surface area contributed by atoms with Gasteiger partial charge in [0.2, 0.25) is 0 Å². The Balaban J connectivity index is 1.29. The minimum Gasteiger partial charge on any atom is -0.508 e. The smallest absolute Gasteiger partial charge is 0.160 e. The van der Waals surface area contributed by atoms with Crippen LogP contribution in [0.25, 0.3) is 22.0 Å². The molecule has 0 radical (unpaired) electrons. The van der Waals surface area contributed by atoms with E-state index in [0.717, 1.165) is 68.8 Å². The van der Waals surface area contributed by atoms with Crippen molar-refractivity contribution >= 4 is 10.9 Å². The average Bonchev–Trinajstić information content (AvgIpc) is 3.58. The highest BCUT2D eigenvalue weighted by atomic mass is 16.6. The average molecular weight is 649 g/mol. The molecule has 0 fully saturated rings. The summed E-state index contributed by atoms with van der Waals surface area (Å²) in [5.74, 6) is 2.33. The van der Waals surface area contributed by atoms with Gasteiger partial charge in [0.05, 0.1) is 20.4 Å². The molecule has 5 N–H and O–H groups in total. The number of aliphatic hydroxyl groups is 1. The molecule has 0 amide bonds. The number of phenolic OH excluding ortho intramolecular Hbond substituents is 2. The van der Waals surface area contributed by atoms with Crippen LogP contribution >= 0.6 is 0 Å². The summed E-state index contributed by atoms with van der Waals surface area (Å²) in [7, 11) is 3.39. The molecule has 4 atom stereocenters. The number of nitrogens with one attached hydrogen (secondary N) is 2. The van der Waals surface area contributed by atoms with Gasteiger partial charge in [0.15, 0.2) is 17.6 Å². The molecule has 5 aromatic rings. The lowest BCUT2D eigenvalue weighted by Gasteiger charge is -2.41. The summed E-state index contributed by atoms with van der Waals surface area (Å²) in [4.78, 5) is 3.29. The van der Waals surface area contributed by atoms with Gasteiger partial charge in [-0.3, -0.25) is 5.32 Å². The molecule has 0 bridgehead atoms. The number of fused-ring (bicyclic) bond motifs is 9. The van der Waals surface area contributed by atoms with Gasteiger partial charge in [-0.25, -0.2) is 0 Å². The summed E-state index contributed by atoms with van der Waals surface area (Å²) >= 11 is 0. The molecular weight excluding hydrogens is 608 g/mol. The van der Waals surface area contributed by atoms with Crippen LogP contribution in [0.3, 0.4) is 0 Å². The molecule has 8 rings (SSSR count). The molecule has 3 heterocycles. The number of methoxy groups -OCH3 is 1. The zero-order valence-electron chi connectivity index (χ0n) is 27.1. The van der Waals surface area contributed by atoms with Gasteiger partial charge in [-0.05, 0) is 114 Å². The second-order valence-electron chi connectivity index (χ2n) is 13.1. The fourth-order valence-electron chi connectivity index (χ4n) is 7.92. The van der Waals surface area contributed by atoms with Gasteiger partial charge in [0, 0.05) is 34.8 Å². The first-order valence-corrected chi connectivity index (χ1v) is 16.6. The van der Waals surface area contributed by atoms with E-state index in [9.17, 15) is 15.3 Å². The maximum Gasteiger partial charge on any atom is 0.160 e. The van der Waals surface area contributed by atoms with Crippen LogP contribution in [0.4, 0.5) is 0 Å². The molecule has 9 heteroatoms. The summed E-state index contributed by atoms with van der Waals surface area (Å²) in [6, 6.07) is 19.6. The Hall–Kier alpha value is -4.70. The van der Waals surface area contributed by atoms with Crippen LogP contribution in [0, 0.1) is 0 Å². The monoisotopic (exact) mass is 648 g/mol. The molecule has 248 valence electrons. The van der Waals surface area contributed by atoms with E-state index in [1.807, 2.05) is 37.5 Å². The number of aromatic amines is 1. The van der Waals surface area contributed by atoms with E-state index in [4.69, 9.17) is 18.9 Å². The molecule has 0 unspecified atom stereocenters. The van der Waals surface area contributed by atoms with Crippen LogP contribution in [0.2, 0.25) is 0 Å². The largest absolute Gasteiger partial charge is 0.508 e. The molecule has 4 aromatic carbocycles.